The van der Waals surface area contributed by atoms with Gasteiger partial charge in [-0.15, -0.1) is 0 Å². The lowest BCUT2D eigenvalue weighted by atomic mass is 9.69. The first kappa shape index (κ1) is 21.9. The molecular weight excluding hydrogens is 510 g/mol. The van der Waals surface area contributed by atoms with Gasteiger partial charge in [0.2, 0.25) is 0 Å². The lowest BCUT2D eigenvalue weighted by Gasteiger charge is -2.31. The van der Waals surface area contributed by atoms with Crippen LogP contribution in [-0.4, -0.2) is 4.40 Å². The second-order valence-electron chi connectivity index (χ2n) is 11.5. The van der Waals surface area contributed by atoms with E-state index in [0.29, 0.717) is 11.1 Å². The van der Waals surface area contributed by atoms with E-state index in [1.165, 1.54) is 55.3 Å². The minimum absolute atomic E-state index is 0.475. The summed E-state index contributed by atoms with van der Waals surface area (Å²) in [6, 6.07) is 45.8. The molecule has 3 heteroatoms. The zero-order chi connectivity index (χ0) is 27.7. The van der Waals surface area contributed by atoms with E-state index in [4.69, 9.17) is 0 Å². The topological polar surface area (TPSA) is 52.0 Å². The maximum atomic E-state index is 9.88. The van der Waals surface area contributed by atoms with Gasteiger partial charge in [0.25, 0.3) is 0 Å². The molecule has 1 spiro atoms. The molecule has 3 nitrogen and oxygen atoms in total. The van der Waals surface area contributed by atoms with Gasteiger partial charge in [0.05, 0.1) is 45.2 Å². The Labute approximate surface area is 241 Å². The highest BCUT2D eigenvalue weighted by Crippen LogP contribution is 2.65. The van der Waals surface area contributed by atoms with Crippen LogP contribution in [0.4, 0.5) is 0 Å². The fourth-order valence-corrected chi connectivity index (χ4v) is 8.33. The summed E-state index contributed by atoms with van der Waals surface area (Å²) in [5.74, 6) is 0. The largest absolute Gasteiger partial charge is 0.308 e. The Balaban J connectivity index is 1.53. The van der Waals surface area contributed by atoms with Crippen LogP contribution in [0.1, 0.15) is 33.4 Å². The molecule has 42 heavy (non-hydrogen) atoms. The molecule has 0 fully saturated rings. The number of fused-ring (bicyclic) bond motifs is 17. The third-order valence-corrected chi connectivity index (χ3v) is 9.77. The summed E-state index contributed by atoms with van der Waals surface area (Å²) in [5.41, 5.74) is 14.2. The standard InChI is InChI=1S/C39H19N3/c40-20-22-13-15-27-30-19-29-26-9-3-6-12-33(26)39(31-10-4-1-7-24(31)25-8-2-5-11-32(25)39)37(29)36-28-16-14-23(21-41)18-35(28)42(38(30)36)34(27)17-22/h1-19H. The monoisotopic (exact) mass is 529 g/mol. The van der Waals surface area contributed by atoms with Crippen molar-refractivity contribution >= 4 is 38.1 Å². The Morgan fingerprint density at radius 3 is 1.57 bits per heavy atom. The van der Waals surface area contributed by atoms with E-state index in [1.807, 2.05) is 24.3 Å². The van der Waals surface area contributed by atoms with E-state index < -0.39 is 5.41 Å². The Bertz CT molecular complexity index is 2560. The quantitative estimate of drug-likeness (QED) is 0.197. The number of hydrogen-bond donors (Lipinski definition) is 0. The lowest BCUT2D eigenvalue weighted by molar-refractivity contribution is 0.802. The van der Waals surface area contributed by atoms with Crippen molar-refractivity contribution in [2.45, 2.75) is 5.41 Å². The van der Waals surface area contributed by atoms with E-state index in [9.17, 15) is 10.5 Å². The van der Waals surface area contributed by atoms with Gasteiger partial charge in [-0.25, -0.2) is 0 Å². The average Bonchev–Trinajstić information content (AvgIpc) is 3.74. The normalized spacial score (nSPS) is 13.9. The molecule has 2 aliphatic carbocycles. The van der Waals surface area contributed by atoms with Crippen molar-refractivity contribution in [2.24, 2.45) is 0 Å². The van der Waals surface area contributed by atoms with Gasteiger partial charge >= 0.3 is 0 Å². The summed E-state index contributed by atoms with van der Waals surface area (Å²) in [6.07, 6.45) is 0. The second-order valence-corrected chi connectivity index (χ2v) is 11.5. The molecule has 0 saturated heterocycles. The molecule has 2 heterocycles. The molecule has 8 aromatic rings. The number of nitriles is 2. The smallest absolute Gasteiger partial charge is 0.0992 e. The molecule has 0 aliphatic heterocycles. The zero-order valence-electron chi connectivity index (χ0n) is 22.3. The third-order valence-electron chi connectivity index (χ3n) is 9.77. The van der Waals surface area contributed by atoms with Gasteiger partial charge in [-0.1, -0.05) is 84.9 Å². The molecule has 190 valence electrons. The lowest BCUT2D eigenvalue weighted by Crippen LogP contribution is -2.26. The highest BCUT2D eigenvalue weighted by Gasteiger charge is 2.53. The van der Waals surface area contributed by atoms with Gasteiger partial charge in [0.15, 0.2) is 0 Å². The van der Waals surface area contributed by atoms with Gasteiger partial charge in [0.1, 0.15) is 0 Å². The fourth-order valence-electron chi connectivity index (χ4n) is 8.33. The number of rotatable bonds is 0. The Kier molecular flexibility index (Phi) is 3.77. The van der Waals surface area contributed by atoms with Crippen LogP contribution < -0.4 is 0 Å². The molecule has 6 aromatic carbocycles. The predicted octanol–water partition coefficient (Wildman–Crippen LogP) is 8.92. The zero-order valence-corrected chi connectivity index (χ0v) is 22.3. The highest BCUT2D eigenvalue weighted by molar-refractivity contribution is 6.27. The molecule has 0 bridgehead atoms. The molecule has 10 rings (SSSR count). The number of nitrogens with zero attached hydrogens (tertiary/aromatic N) is 3. The summed E-state index contributed by atoms with van der Waals surface area (Å²) in [6.45, 7) is 0. The molecule has 0 atom stereocenters. The molecule has 0 unspecified atom stereocenters. The number of aromatic nitrogens is 1. The summed E-state index contributed by atoms with van der Waals surface area (Å²) < 4.78 is 2.29. The van der Waals surface area contributed by atoms with E-state index in [2.05, 4.69) is 108 Å². The Morgan fingerprint density at radius 1 is 0.500 bits per heavy atom. The van der Waals surface area contributed by atoms with Gasteiger partial charge in [-0.05, 0) is 74.8 Å². The third kappa shape index (κ3) is 2.24. The number of benzene rings is 6. The van der Waals surface area contributed by atoms with Crippen molar-refractivity contribution in [3.05, 3.63) is 149 Å². The van der Waals surface area contributed by atoms with Gasteiger partial charge in [0, 0.05) is 21.5 Å². The minimum Gasteiger partial charge on any atom is -0.308 e. The van der Waals surface area contributed by atoms with Crippen molar-refractivity contribution in [1.29, 1.82) is 10.5 Å². The molecular formula is C39H19N3. The van der Waals surface area contributed by atoms with Crippen LogP contribution in [0.2, 0.25) is 0 Å². The summed E-state index contributed by atoms with van der Waals surface area (Å²) in [5, 5.41) is 24.3. The van der Waals surface area contributed by atoms with Crippen LogP contribution in [0, 0.1) is 22.7 Å². The van der Waals surface area contributed by atoms with Crippen LogP contribution in [-0.2, 0) is 5.41 Å². The fraction of sp³-hybridized carbons (Fsp3) is 0.0256. The first-order valence-corrected chi connectivity index (χ1v) is 14.2. The summed E-state index contributed by atoms with van der Waals surface area (Å²) in [7, 11) is 0. The first-order chi connectivity index (χ1) is 20.8. The Hall–Kier alpha value is -5.90. The summed E-state index contributed by atoms with van der Waals surface area (Å²) in [4.78, 5) is 0. The van der Waals surface area contributed by atoms with E-state index in [0.717, 1.165) is 27.3 Å². The molecule has 0 saturated carbocycles. The average molecular weight is 530 g/mol. The maximum absolute atomic E-state index is 9.88. The van der Waals surface area contributed by atoms with Crippen LogP contribution in [0.25, 0.3) is 60.3 Å². The van der Waals surface area contributed by atoms with Crippen LogP contribution >= 0.6 is 0 Å². The number of hydrogen-bond acceptors (Lipinski definition) is 2. The molecule has 2 aromatic heterocycles. The van der Waals surface area contributed by atoms with E-state index in [1.54, 1.807) is 0 Å². The Morgan fingerprint density at radius 2 is 1.00 bits per heavy atom. The minimum atomic E-state index is -0.475. The molecule has 0 N–H and O–H groups in total. The van der Waals surface area contributed by atoms with Gasteiger partial charge in [-0.3, -0.25) is 0 Å². The van der Waals surface area contributed by atoms with Crippen molar-refractivity contribution < 1.29 is 0 Å². The van der Waals surface area contributed by atoms with E-state index >= 15 is 0 Å². The summed E-state index contributed by atoms with van der Waals surface area (Å²) >= 11 is 0. The predicted molar refractivity (Wildman–Crippen MR) is 167 cm³/mol. The molecule has 2 aliphatic rings. The van der Waals surface area contributed by atoms with Crippen molar-refractivity contribution in [2.75, 3.05) is 0 Å². The highest BCUT2D eigenvalue weighted by atomic mass is 14.9. The molecule has 0 amide bonds. The maximum Gasteiger partial charge on any atom is 0.0992 e. The molecule has 0 radical (unpaired) electrons. The SMILES string of the molecule is N#Cc1ccc2c3cc4c(c5c6ccc(C#N)cc6n(c2c1)c35)C1(c2ccccc2-c2ccccc21)c1ccccc1-4. The van der Waals surface area contributed by atoms with Crippen LogP contribution in [0.15, 0.2) is 115 Å². The van der Waals surface area contributed by atoms with Crippen molar-refractivity contribution in [1.82, 2.24) is 4.40 Å². The van der Waals surface area contributed by atoms with Gasteiger partial charge < -0.3 is 4.40 Å². The van der Waals surface area contributed by atoms with E-state index in [-0.39, 0.29) is 0 Å². The van der Waals surface area contributed by atoms with Crippen LogP contribution in [0.5, 0.6) is 0 Å². The first-order valence-electron chi connectivity index (χ1n) is 14.2. The van der Waals surface area contributed by atoms with Gasteiger partial charge in [-0.2, -0.15) is 10.5 Å². The van der Waals surface area contributed by atoms with Crippen molar-refractivity contribution in [3.8, 4) is 34.4 Å². The van der Waals surface area contributed by atoms with Crippen LogP contribution in [0.3, 0.4) is 0 Å². The van der Waals surface area contributed by atoms with Crippen molar-refractivity contribution in [3.63, 3.8) is 0 Å². The second kappa shape index (κ2) is 7.24.